The number of ether oxygens (including phenoxy) is 1. The van der Waals surface area contributed by atoms with Gasteiger partial charge >= 0.3 is 0 Å². The van der Waals surface area contributed by atoms with Gasteiger partial charge < -0.3 is 25.3 Å². The zero-order valence-corrected chi connectivity index (χ0v) is 19.7. The quantitative estimate of drug-likeness (QED) is 0.294. The van der Waals surface area contributed by atoms with E-state index in [0.29, 0.717) is 12.1 Å². The molecule has 2 aromatic heterocycles. The second kappa shape index (κ2) is 10.0. The van der Waals surface area contributed by atoms with Crippen LogP contribution in [0.4, 0.5) is 0 Å². The highest BCUT2D eigenvalue weighted by molar-refractivity contribution is 5.85. The molecule has 2 aromatic carbocycles. The number of hydrogen-bond acceptors (Lipinski definition) is 5. The molecule has 4 N–H and O–H groups in total. The monoisotopic (exact) mass is 476 g/mol. The van der Waals surface area contributed by atoms with E-state index in [2.05, 4.69) is 48.8 Å². The minimum Gasteiger partial charge on any atom is -0.457 e. The van der Waals surface area contributed by atoms with Crippen molar-refractivity contribution in [1.29, 1.82) is 0 Å². The predicted octanol–water partition coefficient (Wildman–Crippen LogP) is 5.53. The van der Waals surface area contributed by atoms with Gasteiger partial charge in [-0.05, 0) is 80.7 Å². The van der Waals surface area contributed by atoms with Crippen LogP contribution in [0.15, 0.2) is 60.9 Å². The molecular weight excluding hydrogens is 448 g/mol. The zero-order chi connectivity index (χ0) is 22.0. The van der Waals surface area contributed by atoms with Crippen molar-refractivity contribution in [2.24, 2.45) is 0 Å². The van der Waals surface area contributed by atoms with Crippen molar-refractivity contribution in [3.05, 3.63) is 72.6 Å². The fourth-order valence-corrected chi connectivity index (χ4v) is 4.72. The van der Waals surface area contributed by atoms with Crippen molar-refractivity contribution in [2.75, 3.05) is 13.1 Å². The van der Waals surface area contributed by atoms with Crippen LogP contribution in [0.25, 0.3) is 22.5 Å². The van der Waals surface area contributed by atoms with E-state index in [9.17, 15) is 0 Å². The average Bonchev–Trinajstić information content (AvgIpc) is 3.65. The lowest BCUT2D eigenvalue weighted by Crippen LogP contribution is -2.14. The molecule has 8 heteroatoms. The number of rotatable bonds is 6. The smallest absolute Gasteiger partial charge is 0.128 e. The number of imidazole rings is 2. The van der Waals surface area contributed by atoms with Gasteiger partial charge in [0.15, 0.2) is 0 Å². The standard InChI is InChI=1S/C26H28N6O.ClH/c1-4-18(24-16-30-26(32-24)22-7-3-13-28-22)14-20(5-1)33-19-10-8-17(9-11-19)23-15-29-25(31-23)21-6-2-12-27-21;/h1,4-5,8-11,14-16,21-22,27-28H,2-3,6-7,12-13H2,(H,29,31)(H,30,32);1H/t21-,22-;/m0./s1. The lowest BCUT2D eigenvalue weighted by molar-refractivity contribution is 0.483. The highest BCUT2D eigenvalue weighted by Crippen LogP contribution is 2.30. The summed E-state index contributed by atoms with van der Waals surface area (Å²) >= 11 is 0. The molecule has 176 valence electrons. The normalized spacial score (nSPS) is 19.8. The lowest BCUT2D eigenvalue weighted by atomic mass is 10.1. The molecule has 0 saturated carbocycles. The van der Waals surface area contributed by atoms with Crippen molar-refractivity contribution in [3.8, 4) is 34.0 Å². The Hall–Kier alpha value is -3.13. The van der Waals surface area contributed by atoms with Crippen LogP contribution in [0.3, 0.4) is 0 Å². The Morgan fingerprint density at radius 3 is 1.91 bits per heavy atom. The minimum atomic E-state index is 0. The first-order valence-corrected chi connectivity index (χ1v) is 11.8. The summed E-state index contributed by atoms with van der Waals surface area (Å²) in [5, 5.41) is 6.97. The van der Waals surface area contributed by atoms with Gasteiger partial charge in [0.25, 0.3) is 0 Å². The van der Waals surface area contributed by atoms with Gasteiger partial charge in [0.1, 0.15) is 23.1 Å². The number of aromatic amines is 2. The van der Waals surface area contributed by atoms with E-state index in [1.807, 2.05) is 42.7 Å². The molecule has 4 aromatic rings. The van der Waals surface area contributed by atoms with Gasteiger partial charge in [-0.25, -0.2) is 9.97 Å². The number of nitrogens with zero attached hydrogens (tertiary/aromatic N) is 2. The fourth-order valence-electron chi connectivity index (χ4n) is 4.72. The summed E-state index contributed by atoms with van der Waals surface area (Å²) in [5.41, 5.74) is 4.19. The molecule has 2 saturated heterocycles. The molecule has 2 aliphatic rings. The van der Waals surface area contributed by atoms with Gasteiger partial charge in [-0.2, -0.15) is 0 Å². The molecule has 0 aliphatic carbocycles. The van der Waals surface area contributed by atoms with E-state index in [0.717, 1.165) is 71.6 Å². The molecule has 0 unspecified atom stereocenters. The first-order chi connectivity index (χ1) is 16.3. The molecule has 34 heavy (non-hydrogen) atoms. The summed E-state index contributed by atoms with van der Waals surface area (Å²) in [6.07, 6.45) is 8.48. The summed E-state index contributed by atoms with van der Waals surface area (Å²) < 4.78 is 6.14. The van der Waals surface area contributed by atoms with E-state index in [4.69, 9.17) is 4.74 Å². The highest BCUT2D eigenvalue weighted by atomic mass is 35.5. The van der Waals surface area contributed by atoms with Crippen LogP contribution in [0.2, 0.25) is 0 Å². The number of aromatic nitrogens is 4. The Labute approximate surface area is 205 Å². The topological polar surface area (TPSA) is 90.7 Å². The molecule has 2 aliphatic heterocycles. The van der Waals surface area contributed by atoms with E-state index in [1.165, 1.54) is 12.8 Å². The summed E-state index contributed by atoms with van der Waals surface area (Å²) in [6, 6.07) is 16.9. The average molecular weight is 477 g/mol. The molecule has 0 spiro atoms. The summed E-state index contributed by atoms with van der Waals surface area (Å²) in [7, 11) is 0. The van der Waals surface area contributed by atoms with Crippen LogP contribution < -0.4 is 15.4 Å². The van der Waals surface area contributed by atoms with Crippen LogP contribution in [0.5, 0.6) is 11.5 Å². The molecule has 0 amide bonds. The number of hydrogen-bond donors (Lipinski definition) is 4. The van der Waals surface area contributed by atoms with Gasteiger partial charge in [-0.3, -0.25) is 0 Å². The maximum absolute atomic E-state index is 6.14. The minimum absolute atomic E-state index is 0. The van der Waals surface area contributed by atoms with E-state index >= 15 is 0 Å². The maximum atomic E-state index is 6.14. The Bertz CT molecular complexity index is 1220. The van der Waals surface area contributed by atoms with Crippen molar-refractivity contribution >= 4 is 12.4 Å². The van der Waals surface area contributed by atoms with Crippen molar-refractivity contribution in [3.63, 3.8) is 0 Å². The number of benzene rings is 2. The third-order valence-corrected chi connectivity index (χ3v) is 6.52. The lowest BCUT2D eigenvalue weighted by Gasteiger charge is -2.09. The van der Waals surface area contributed by atoms with E-state index in [-0.39, 0.29) is 12.4 Å². The molecular formula is C26H29ClN6O. The Morgan fingerprint density at radius 2 is 1.32 bits per heavy atom. The number of halogens is 1. The number of nitrogens with one attached hydrogen (secondary N) is 4. The molecule has 0 radical (unpaired) electrons. The van der Waals surface area contributed by atoms with Crippen molar-refractivity contribution in [1.82, 2.24) is 30.6 Å². The SMILES string of the molecule is Cl.c1cc(Oc2ccc(-c3cnc([C@@H]4CCCN4)[nH]3)cc2)cc(-c2cnc([C@@H]3CCCN3)[nH]2)c1. The Morgan fingerprint density at radius 1 is 0.706 bits per heavy atom. The summed E-state index contributed by atoms with van der Waals surface area (Å²) in [5.74, 6) is 3.63. The summed E-state index contributed by atoms with van der Waals surface area (Å²) in [4.78, 5) is 16.1. The highest BCUT2D eigenvalue weighted by Gasteiger charge is 2.20. The fraction of sp³-hybridized carbons (Fsp3) is 0.308. The van der Waals surface area contributed by atoms with Gasteiger partial charge in [0, 0.05) is 5.56 Å². The third kappa shape index (κ3) is 4.73. The molecule has 4 heterocycles. The van der Waals surface area contributed by atoms with Gasteiger partial charge in [-0.15, -0.1) is 12.4 Å². The van der Waals surface area contributed by atoms with E-state index < -0.39 is 0 Å². The van der Waals surface area contributed by atoms with Gasteiger partial charge in [0.2, 0.25) is 0 Å². The first kappa shape index (κ1) is 22.7. The maximum Gasteiger partial charge on any atom is 0.128 e. The second-order valence-corrected chi connectivity index (χ2v) is 8.82. The van der Waals surface area contributed by atoms with E-state index in [1.54, 1.807) is 0 Å². The Kier molecular flexibility index (Phi) is 6.67. The molecule has 6 rings (SSSR count). The van der Waals surface area contributed by atoms with Crippen LogP contribution in [0.1, 0.15) is 49.4 Å². The second-order valence-electron chi connectivity index (χ2n) is 8.82. The first-order valence-electron chi connectivity index (χ1n) is 11.8. The Balaban J connectivity index is 0.00000241. The van der Waals surface area contributed by atoms with Gasteiger partial charge in [-0.1, -0.05) is 12.1 Å². The van der Waals surface area contributed by atoms with Crippen LogP contribution >= 0.6 is 12.4 Å². The van der Waals surface area contributed by atoms with Crippen molar-refractivity contribution < 1.29 is 4.74 Å². The molecule has 2 fully saturated rings. The van der Waals surface area contributed by atoms with Crippen molar-refractivity contribution in [2.45, 2.75) is 37.8 Å². The van der Waals surface area contributed by atoms with Crippen LogP contribution in [0, 0.1) is 0 Å². The van der Waals surface area contributed by atoms with Crippen LogP contribution in [-0.4, -0.2) is 33.0 Å². The van der Waals surface area contributed by atoms with Gasteiger partial charge in [0.05, 0.1) is 35.9 Å². The third-order valence-electron chi connectivity index (χ3n) is 6.52. The summed E-state index contributed by atoms with van der Waals surface area (Å²) in [6.45, 7) is 2.12. The predicted molar refractivity (Wildman–Crippen MR) is 135 cm³/mol. The zero-order valence-electron chi connectivity index (χ0n) is 18.9. The number of H-pyrrole nitrogens is 2. The van der Waals surface area contributed by atoms with Crippen LogP contribution in [-0.2, 0) is 0 Å². The largest absolute Gasteiger partial charge is 0.457 e. The molecule has 0 bridgehead atoms. The molecule has 7 nitrogen and oxygen atoms in total. The molecule has 2 atom stereocenters.